The van der Waals surface area contributed by atoms with Gasteiger partial charge < -0.3 is 10.2 Å². The van der Waals surface area contributed by atoms with Crippen LogP contribution >= 0.6 is 0 Å². The number of likely N-dealkylation sites (tertiary alicyclic amines) is 1. The molecule has 0 unspecified atom stereocenters. The van der Waals surface area contributed by atoms with Crippen molar-refractivity contribution in [3.8, 4) is 0 Å². The molecule has 2 rings (SSSR count). The maximum absolute atomic E-state index is 13.1. The molecule has 1 aromatic carbocycles. The Hall–Kier alpha value is -1.42. The minimum absolute atomic E-state index is 0.109. The lowest BCUT2D eigenvalue weighted by molar-refractivity contribution is -0.131. The lowest BCUT2D eigenvalue weighted by Crippen LogP contribution is -2.41. The van der Waals surface area contributed by atoms with Crippen LogP contribution in [-0.2, 0) is 11.2 Å². The molecular weight excluding hydrogens is 255 g/mol. The number of amides is 1. The summed E-state index contributed by atoms with van der Waals surface area (Å²) in [5, 5.41) is 3.36. The largest absolute Gasteiger partial charge is 0.342 e. The Morgan fingerprint density at radius 3 is 2.80 bits per heavy atom. The smallest absolute Gasteiger partial charge is 0.226 e. The zero-order valence-electron chi connectivity index (χ0n) is 12.1. The highest BCUT2D eigenvalue weighted by Gasteiger charge is 2.22. The SMILES string of the molecule is CCNCC1CCN(C(=O)Cc2cccc(F)c2)CC1. The van der Waals surface area contributed by atoms with E-state index in [0.29, 0.717) is 12.3 Å². The molecular formula is C16H23FN2O. The van der Waals surface area contributed by atoms with Crippen LogP contribution in [0.25, 0.3) is 0 Å². The summed E-state index contributed by atoms with van der Waals surface area (Å²) in [4.78, 5) is 14.1. The number of nitrogens with zero attached hydrogens (tertiary/aromatic N) is 1. The monoisotopic (exact) mass is 278 g/mol. The topological polar surface area (TPSA) is 32.3 Å². The molecule has 110 valence electrons. The number of halogens is 1. The van der Waals surface area contributed by atoms with Gasteiger partial charge in [-0.3, -0.25) is 4.79 Å². The highest BCUT2D eigenvalue weighted by atomic mass is 19.1. The van der Waals surface area contributed by atoms with Gasteiger partial charge in [0.2, 0.25) is 5.91 Å². The van der Waals surface area contributed by atoms with E-state index < -0.39 is 0 Å². The summed E-state index contributed by atoms with van der Waals surface area (Å²) in [6.07, 6.45) is 2.42. The van der Waals surface area contributed by atoms with Gasteiger partial charge in [-0.15, -0.1) is 0 Å². The third-order valence-corrected chi connectivity index (χ3v) is 3.89. The van der Waals surface area contributed by atoms with E-state index >= 15 is 0 Å². The van der Waals surface area contributed by atoms with Gasteiger partial charge in [0.25, 0.3) is 0 Å². The maximum Gasteiger partial charge on any atom is 0.226 e. The molecule has 1 fully saturated rings. The number of rotatable bonds is 5. The third-order valence-electron chi connectivity index (χ3n) is 3.89. The van der Waals surface area contributed by atoms with Crippen LogP contribution in [-0.4, -0.2) is 37.0 Å². The molecule has 3 nitrogen and oxygen atoms in total. The molecule has 0 spiro atoms. The molecule has 1 heterocycles. The van der Waals surface area contributed by atoms with Crippen molar-refractivity contribution in [2.45, 2.75) is 26.2 Å². The highest BCUT2D eigenvalue weighted by Crippen LogP contribution is 2.17. The number of carbonyl (C=O) groups is 1. The van der Waals surface area contributed by atoms with Gasteiger partial charge in [-0.25, -0.2) is 4.39 Å². The summed E-state index contributed by atoms with van der Waals surface area (Å²) in [7, 11) is 0. The van der Waals surface area contributed by atoms with Crippen molar-refractivity contribution in [1.29, 1.82) is 0 Å². The highest BCUT2D eigenvalue weighted by molar-refractivity contribution is 5.78. The molecule has 0 radical (unpaired) electrons. The Labute approximate surface area is 120 Å². The van der Waals surface area contributed by atoms with Crippen LogP contribution < -0.4 is 5.32 Å². The van der Waals surface area contributed by atoms with Crippen LogP contribution in [0.4, 0.5) is 4.39 Å². The van der Waals surface area contributed by atoms with Gasteiger partial charge in [-0.2, -0.15) is 0 Å². The quantitative estimate of drug-likeness (QED) is 0.895. The van der Waals surface area contributed by atoms with Crippen LogP contribution in [0.2, 0.25) is 0 Å². The molecule has 0 aromatic heterocycles. The van der Waals surface area contributed by atoms with Gasteiger partial charge in [0, 0.05) is 13.1 Å². The van der Waals surface area contributed by atoms with E-state index in [1.54, 1.807) is 12.1 Å². The lowest BCUT2D eigenvalue weighted by Gasteiger charge is -2.32. The van der Waals surface area contributed by atoms with Crippen molar-refractivity contribution in [2.24, 2.45) is 5.92 Å². The molecule has 20 heavy (non-hydrogen) atoms. The van der Waals surface area contributed by atoms with E-state index in [4.69, 9.17) is 0 Å². The maximum atomic E-state index is 13.1. The Balaban J connectivity index is 1.80. The van der Waals surface area contributed by atoms with Crippen LogP contribution in [0.5, 0.6) is 0 Å². The van der Waals surface area contributed by atoms with E-state index in [9.17, 15) is 9.18 Å². The normalized spacial score (nSPS) is 16.4. The first-order valence-electron chi connectivity index (χ1n) is 7.42. The summed E-state index contributed by atoms with van der Waals surface area (Å²) in [5.74, 6) is 0.505. The number of nitrogens with one attached hydrogen (secondary N) is 1. The average molecular weight is 278 g/mol. The minimum Gasteiger partial charge on any atom is -0.342 e. The molecule has 0 saturated carbocycles. The molecule has 1 aliphatic rings. The second-order valence-corrected chi connectivity index (χ2v) is 5.44. The Kier molecular flexibility index (Phi) is 5.53. The van der Waals surface area contributed by atoms with Gasteiger partial charge >= 0.3 is 0 Å². The van der Waals surface area contributed by atoms with Crippen LogP contribution in [0.3, 0.4) is 0 Å². The number of piperidine rings is 1. The zero-order valence-corrected chi connectivity index (χ0v) is 12.1. The standard InChI is InChI=1S/C16H23FN2O/c1-2-18-12-13-6-8-19(9-7-13)16(20)11-14-4-3-5-15(17)10-14/h3-5,10,13,18H,2,6-9,11-12H2,1H3. The molecule has 1 saturated heterocycles. The van der Waals surface area contributed by atoms with E-state index in [0.717, 1.165) is 44.6 Å². The fraction of sp³-hybridized carbons (Fsp3) is 0.562. The molecule has 0 bridgehead atoms. The van der Waals surface area contributed by atoms with Crippen molar-refractivity contribution in [3.05, 3.63) is 35.6 Å². The second kappa shape index (κ2) is 7.39. The van der Waals surface area contributed by atoms with Crippen LogP contribution in [0, 0.1) is 11.7 Å². The molecule has 0 aliphatic carbocycles. The van der Waals surface area contributed by atoms with Gasteiger partial charge in [-0.05, 0) is 49.5 Å². The van der Waals surface area contributed by atoms with Gasteiger partial charge in [-0.1, -0.05) is 19.1 Å². The summed E-state index contributed by atoms with van der Waals surface area (Å²) in [6, 6.07) is 6.30. The van der Waals surface area contributed by atoms with Gasteiger partial charge in [0.15, 0.2) is 0 Å². The second-order valence-electron chi connectivity index (χ2n) is 5.44. The summed E-state index contributed by atoms with van der Waals surface area (Å²) >= 11 is 0. The number of hydrogen-bond acceptors (Lipinski definition) is 2. The fourth-order valence-corrected chi connectivity index (χ4v) is 2.67. The van der Waals surface area contributed by atoms with Crippen molar-refractivity contribution >= 4 is 5.91 Å². The average Bonchev–Trinajstić information content (AvgIpc) is 2.45. The first-order valence-corrected chi connectivity index (χ1v) is 7.42. The Bertz CT molecular complexity index is 442. The molecule has 1 N–H and O–H groups in total. The number of carbonyl (C=O) groups excluding carboxylic acids is 1. The summed E-state index contributed by atoms with van der Waals surface area (Å²) in [5.41, 5.74) is 0.754. The van der Waals surface area contributed by atoms with Crippen LogP contribution in [0.1, 0.15) is 25.3 Å². The first kappa shape index (κ1) is 15.0. The third kappa shape index (κ3) is 4.30. The zero-order chi connectivity index (χ0) is 14.4. The predicted molar refractivity (Wildman–Crippen MR) is 78.0 cm³/mol. The van der Waals surface area contributed by atoms with E-state index in [1.165, 1.54) is 12.1 Å². The van der Waals surface area contributed by atoms with Gasteiger partial charge in [0.1, 0.15) is 5.82 Å². The van der Waals surface area contributed by atoms with Crippen molar-refractivity contribution in [1.82, 2.24) is 10.2 Å². The minimum atomic E-state index is -0.278. The molecule has 1 aliphatic heterocycles. The lowest BCUT2D eigenvalue weighted by atomic mass is 9.96. The molecule has 0 atom stereocenters. The summed E-state index contributed by atoms with van der Waals surface area (Å²) < 4.78 is 13.1. The number of benzene rings is 1. The Morgan fingerprint density at radius 1 is 1.40 bits per heavy atom. The van der Waals surface area contributed by atoms with Gasteiger partial charge in [0.05, 0.1) is 6.42 Å². The van der Waals surface area contributed by atoms with E-state index in [1.807, 2.05) is 4.90 Å². The first-order chi connectivity index (χ1) is 9.69. The van der Waals surface area contributed by atoms with E-state index in [-0.39, 0.29) is 11.7 Å². The van der Waals surface area contributed by atoms with Crippen LogP contribution in [0.15, 0.2) is 24.3 Å². The summed E-state index contributed by atoms with van der Waals surface area (Å²) in [6.45, 7) is 5.80. The molecule has 4 heteroatoms. The van der Waals surface area contributed by atoms with E-state index in [2.05, 4.69) is 12.2 Å². The van der Waals surface area contributed by atoms with Crippen molar-refractivity contribution < 1.29 is 9.18 Å². The van der Waals surface area contributed by atoms with Crippen molar-refractivity contribution in [2.75, 3.05) is 26.2 Å². The molecule has 1 aromatic rings. The van der Waals surface area contributed by atoms with Crippen molar-refractivity contribution in [3.63, 3.8) is 0 Å². The number of hydrogen-bond donors (Lipinski definition) is 1. The molecule has 1 amide bonds. The predicted octanol–water partition coefficient (Wildman–Crippen LogP) is 2.22. The fourth-order valence-electron chi connectivity index (χ4n) is 2.67. The Morgan fingerprint density at radius 2 is 2.15 bits per heavy atom.